The van der Waals surface area contributed by atoms with E-state index in [4.69, 9.17) is 0 Å². The molecule has 0 aliphatic heterocycles. The van der Waals surface area contributed by atoms with E-state index in [0.29, 0.717) is 0 Å². The van der Waals surface area contributed by atoms with Crippen LogP contribution in [0.4, 0.5) is 0 Å². The maximum atomic E-state index is 10.3. The Morgan fingerprint density at radius 2 is 2.43 bits per heavy atom. The molecule has 0 fully saturated rings. The highest BCUT2D eigenvalue weighted by Crippen LogP contribution is 1.81. The average molecular weight is 118 g/mol. The molecule has 0 aliphatic rings. The molecule has 1 unspecified atom stereocenters. The molecule has 0 aliphatic carbocycles. The van der Waals surface area contributed by atoms with Crippen molar-refractivity contribution < 1.29 is 4.21 Å². The standard InChI is InChI=1S/C5H10OS/c1-3-4-5-7(2)6/h3H,1,4-5H2,2H3. The van der Waals surface area contributed by atoms with E-state index in [2.05, 4.69) is 6.58 Å². The lowest BCUT2D eigenvalue weighted by molar-refractivity contribution is 0.686. The van der Waals surface area contributed by atoms with Crippen LogP contribution in [0.1, 0.15) is 6.42 Å². The number of hydrogen-bond donors (Lipinski definition) is 0. The van der Waals surface area contributed by atoms with Crippen molar-refractivity contribution >= 4 is 10.8 Å². The van der Waals surface area contributed by atoms with Gasteiger partial charge in [-0.1, -0.05) is 6.08 Å². The molecule has 0 spiro atoms. The lowest BCUT2D eigenvalue weighted by atomic mass is 10.5. The van der Waals surface area contributed by atoms with Gasteiger partial charge in [-0.2, -0.15) is 0 Å². The van der Waals surface area contributed by atoms with Crippen molar-refractivity contribution in [2.45, 2.75) is 6.42 Å². The van der Waals surface area contributed by atoms with Crippen LogP contribution >= 0.6 is 0 Å². The molecule has 1 atom stereocenters. The van der Waals surface area contributed by atoms with Crippen molar-refractivity contribution in [1.29, 1.82) is 0 Å². The number of allylic oxidation sites excluding steroid dienone is 1. The van der Waals surface area contributed by atoms with E-state index in [1.54, 1.807) is 12.3 Å². The first kappa shape index (κ1) is 6.89. The second kappa shape index (κ2) is 4.06. The van der Waals surface area contributed by atoms with Gasteiger partial charge in [-0.25, -0.2) is 0 Å². The van der Waals surface area contributed by atoms with E-state index < -0.39 is 10.8 Å². The summed E-state index contributed by atoms with van der Waals surface area (Å²) >= 11 is 0. The molecule has 0 aromatic rings. The monoisotopic (exact) mass is 118 g/mol. The van der Waals surface area contributed by atoms with Crippen LogP contribution in [0.25, 0.3) is 0 Å². The maximum absolute atomic E-state index is 10.3. The van der Waals surface area contributed by atoms with Crippen LogP contribution in [-0.2, 0) is 10.8 Å². The van der Waals surface area contributed by atoms with Gasteiger partial charge in [0.05, 0.1) is 0 Å². The third kappa shape index (κ3) is 5.89. The van der Waals surface area contributed by atoms with Gasteiger partial charge in [-0.05, 0) is 6.42 Å². The van der Waals surface area contributed by atoms with E-state index in [0.717, 1.165) is 12.2 Å². The molecule has 0 aromatic heterocycles. The normalized spacial score (nSPS) is 13.3. The third-order valence-electron chi connectivity index (χ3n) is 0.609. The molecule has 0 aromatic carbocycles. The maximum Gasteiger partial charge on any atom is 0.0266 e. The highest BCUT2D eigenvalue weighted by Gasteiger charge is 1.82. The second-order valence-corrected chi connectivity index (χ2v) is 2.91. The molecule has 0 bridgehead atoms. The summed E-state index contributed by atoms with van der Waals surface area (Å²) in [6.07, 6.45) is 4.34. The summed E-state index contributed by atoms with van der Waals surface area (Å²) < 4.78 is 10.3. The minimum atomic E-state index is -0.637. The Hall–Kier alpha value is -0.110. The molecule has 0 saturated heterocycles. The lowest BCUT2D eigenvalue weighted by Crippen LogP contribution is -1.89. The molecule has 0 heterocycles. The van der Waals surface area contributed by atoms with Crippen molar-refractivity contribution in [2.24, 2.45) is 0 Å². The van der Waals surface area contributed by atoms with Crippen LogP contribution < -0.4 is 0 Å². The zero-order chi connectivity index (χ0) is 5.70. The first-order chi connectivity index (χ1) is 3.27. The summed E-state index contributed by atoms with van der Waals surface area (Å²) in [6, 6.07) is 0. The fourth-order valence-corrected chi connectivity index (χ4v) is 0.748. The molecule has 0 rings (SSSR count). The highest BCUT2D eigenvalue weighted by molar-refractivity contribution is 7.84. The largest absolute Gasteiger partial charge is 0.260 e. The molecule has 42 valence electrons. The molecule has 0 saturated carbocycles. The molecular weight excluding hydrogens is 108 g/mol. The minimum Gasteiger partial charge on any atom is -0.260 e. The topological polar surface area (TPSA) is 17.1 Å². The SMILES string of the molecule is C=CCCS(C)=O. The van der Waals surface area contributed by atoms with Crippen LogP contribution in [-0.4, -0.2) is 16.2 Å². The van der Waals surface area contributed by atoms with Gasteiger partial charge in [0.15, 0.2) is 0 Å². The molecule has 0 amide bonds. The predicted molar refractivity (Wildman–Crippen MR) is 33.7 cm³/mol. The summed E-state index contributed by atoms with van der Waals surface area (Å²) in [5, 5.41) is 0. The van der Waals surface area contributed by atoms with Crippen molar-refractivity contribution in [3.63, 3.8) is 0 Å². The average Bonchev–Trinajstić information content (AvgIpc) is 1.61. The Bertz CT molecular complexity index is 78.1. The zero-order valence-corrected chi connectivity index (χ0v) is 5.33. The fraction of sp³-hybridized carbons (Fsp3) is 0.600. The first-order valence-corrected chi connectivity index (χ1v) is 3.91. The summed E-state index contributed by atoms with van der Waals surface area (Å²) in [4.78, 5) is 0. The summed E-state index contributed by atoms with van der Waals surface area (Å²) in [5.41, 5.74) is 0. The molecule has 2 heteroatoms. The smallest absolute Gasteiger partial charge is 0.0266 e. The Balaban J connectivity index is 2.97. The lowest BCUT2D eigenvalue weighted by Gasteiger charge is -1.84. The van der Waals surface area contributed by atoms with Crippen molar-refractivity contribution in [2.75, 3.05) is 12.0 Å². The summed E-state index contributed by atoms with van der Waals surface area (Å²) in [7, 11) is -0.637. The van der Waals surface area contributed by atoms with Gasteiger partial charge in [0.1, 0.15) is 0 Å². The quantitative estimate of drug-likeness (QED) is 0.504. The van der Waals surface area contributed by atoms with E-state index >= 15 is 0 Å². The first-order valence-electron chi connectivity index (χ1n) is 2.18. The van der Waals surface area contributed by atoms with Gasteiger partial charge in [-0.3, -0.25) is 4.21 Å². The van der Waals surface area contributed by atoms with E-state index in [9.17, 15) is 4.21 Å². The van der Waals surface area contributed by atoms with E-state index in [1.165, 1.54) is 0 Å². The van der Waals surface area contributed by atoms with Crippen molar-refractivity contribution in [3.8, 4) is 0 Å². The predicted octanol–water partition coefficient (Wildman–Crippen LogP) is 0.941. The van der Waals surface area contributed by atoms with Crippen molar-refractivity contribution in [1.82, 2.24) is 0 Å². The van der Waals surface area contributed by atoms with Gasteiger partial charge in [0.25, 0.3) is 0 Å². The highest BCUT2D eigenvalue weighted by atomic mass is 32.2. The second-order valence-electron chi connectivity index (χ2n) is 1.35. The molecular formula is C5H10OS. The number of rotatable bonds is 3. The molecule has 0 radical (unpaired) electrons. The van der Waals surface area contributed by atoms with Gasteiger partial charge in [0.2, 0.25) is 0 Å². The molecule has 1 nitrogen and oxygen atoms in total. The van der Waals surface area contributed by atoms with Gasteiger partial charge >= 0.3 is 0 Å². The molecule has 7 heavy (non-hydrogen) atoms. The van der Waals surface area contributed by atoms with Gasteiger partial charge < -0.3 is 0 Å². The van der Waals surface area contributed by atoms with Crippen LogP contribution in [0.3, 0.4) is 0 Å². The Labute approximate surface area is 46.9 Å². The molecule has 0 N–H and O–H groups in total. The Morgan fingerprint density at radius 3 is 2.57 bits per heavy atom. The number of hydrogen-bond acceptors (Lipinski definition) is 1. The fourth-order valence-electron chi connectivity index (χ4n) is 0.249. The van der Waals surface area contributed by atoms with Crippen LogP contribution in [0.15, 0.2) is 12.7 Å². The van der Waals surface area contributed by atoms with E-state index in [1.807, 2.05) is 0 Å². The van der Waals surface area contributed by atoms with Crippen LogP contribution in [0.5, 0.6) is 0 Å². The van der Waals surface area contributed by atoms with E-state index in [-0.39, 0.29) is 0 Å². The summed E-state index contributed by atoms with van der Waals surface area (Å²) in [5.74, 6) is 0.753. The van der Waals surface area contributed by atoms with Crippen molar-refractivity contribution in [3.05, 3.63) is 12.7 Å². The summed E-state index contributed by atoms with van der Waals surface area (Å²) in [6.45, 7) is 3.50. The Kier molecular flexibility index (Phi) is 4.00. The Morgan fingerprint density at radius 1 is 1.86 bits per heavy atom. The van der Waals surface area contributed by atoms with Gasteiger partial charge in [-0.15, -0.1) is 6.58 Å². The van der Waals surface area contributed by atoms with Crippen LogP contribution in [0.2, 0.25) is 0 Å². The van der Waals surface area contributed by atoms with Gasteiger partial charge in [0, 0.05) is 22.8 Å². The zero-order valence-electron chi connectivity index (χ0n) is 4.52. The third-order valence-corrected chi connectivity index (χ3v) is 1.42. The van der Waals surface area contributed by atoms with Crippen LogP contribution in [0, 0.1) is 0 Å². The minimum absolute atomic E-state index is 0.637.